The molecule has 49 heavy (non-hydrogen) atoms. The Morgan fingerprint density at radius 2 is 1.06 bits per heavy atom. The third-order valence-electron chi connectivity index (χ3n) is 9.86. The smallest absolute Gasteiger partial charge is 0.145 e. The van der Waals surface area contributed by atoms with Crippen LogP contribution in [0.3, 0.4) is 0 Å². The first-order valence-corrected chi connectivity index (χ1v) is 18.3. The first-order valence-electron chi connectivity index (χ1n) is 16.6. The second-order valence-electron chi connectivity index (χ2n) is 12.5. The van der Waals surface area contributed by atoms with Crippen LogP contribution in [0.15, 0.2) is 202 Å². The molecule has 0 atom stereocenters. The number of nitrogens with one attached hydrogen (secondary N) is 1. The first-order chi connectivity index (χ1) is 24.3. The Labute approximate surface area is 286 Å². The monoisotopic (exact) mass is 645 g/mol. The zero-order valence-electron chi connectivity index (χ0n) is 26.6. The van der Waals surface area contributed by atoms with Gasteiger partial charge in [0, 0.05) is 53.0 Å². The predicted molar refractivity (Wildman–Crippen MR) is 205 cm³/mol. The highest BCUT2D eigenvalue weighted by Gasteiger charge is 2.43. The summed E-state index contributed by atoms with van der Waals surface area (Å²) in [6, 6.07) is 64.4. The van der Waals surface area contributed by atoms with Gasteiger partial charge in [0.2, 0.25) is 0 Å². The summed E-state index contributed by atoms with van der Waals surface area (Å²) in [5, 5.41) is 4.78. The maximum absolute atomic E-state index is 5.09. The van der Waals surface area contributed by atoms with Crippen molar-refractivity contribution in [2.24, 2.45) is 0 Å². The van der Waals surface area contributed by atoms with Crippen molar-refractivity contribution in [3.05, 3.63) is 182 Å². The second kappa shape index (κ2) is 11.0. The maximum Gasteiger partial charge on any atom is 0.145 e. The normalized spacial score (nSPS) is 14.1. The van der Waals surface area contributed by atoms with Crippen LogP contribution in [0.25, 0.3) is 43.7 Å². The van der Waals surface area contributed by atoms with Gasteiger partial charge in [0.25, 0.3) is 0 Å². The topological polar surface area (TPSA) is 31.9 Å². The highest BCUT2D eigenvalue weighted by atomic mass is 32.3. The number of H-pyrrole nitrogens is 1. The van der Waals surface area contributed by atoms with Crippen LogP contribution < -0.4 is 4.90 Å². The summed E-state index contributed by atoms with van der Waals surface area (Å²) in [4.78, 5) is 16.3. The lowest BCUT2D eigenvalue weighted by molar-refractivity contribution is 1.09. The Morgan fingerprint density at radius 1 is 0.449 bits per heavy atom. The van der Waals surface area contributed by atoms with Gasteiger partial charge in [0.15, 0.2) is 0 Å². The number of hydrogen-bond donors (Lipinski definition) is 1. The number of anilines is 3. The third-order valence-corrected chi connectivity index (χ3v) is 13.8. The molecule has 9 aromatic rings. The van der Waals surface area contributed by atoms with Crippen molar-refractivity contribution < 1.29 is 0 Å². The molecule has 4 heteroatoms. The molecule has 2 aromatic heterocycles. The highest BCUT2D eigenvalue weighted by molar-refractivity contribution is 8.34. The van der Waals surface area contributed by atoms with E-state index in [-0.39, 0.29) is 0 Å². The summed E-state index contributed by atoms with van der Waals surface area (Å²) in [5.41, 5.74) is 7.02. The molecule has 1 N–H and O–H groups in total. The number of nitrogens with zero attached hydrogens (tertiary/aromatic N) is 2. The average Bonchev–Trinajstić information content (AvgIpc) is 3.55. The van der Waals surface area contributed by atoms with E-state index < -0.39 is 10.0 Å². The van der Waals surface area contributed by atoms with Gasteiger partial charge in [0.1, 0.15) is 5.82 Å². The minimum atomic E-state index is -1.94. The van der Waals surface area contributed by atoms with Crippen LogP contribution in [0.2, 0.25) is 0 Å². The molecule has 1 aliphatic heterocycles. The maximum atomic E-state index is 5.09. The van der Waals surface area contributed by atoms with E-state index in [1.807, 2.05) is 6.20 Å². The van der Waals surface area contributed by atoms with Crippen molar-refractivity contribution in [2.75, 3.05) is 4.90 Å². The fourth-order valence-corrected chi connectivity index (χ4v) is 11.9. The predicted octanol–water partition coefficient (Wildman–Crippen LogP) is 12.7. The van der Waals surface area contributed by atoms with Gasteiger partial charge in [-0.05, 0) is 89.3 Å². The molecule has 1 aliphatic rings. The molecule has 10 rings (SSSR count). The SMILES string of the molecule is c1ccc(S2(c3ccccc3)c3ccccc3N(c3nccc4ccccc34)c3ccc(-c4ccc5[nH]c6ccccc6c5c4)cc32)cc1. The van der Waals surface area contributed by atoms with Crippen LogP contribution in [0.5, 0.6) is 0 Å². The highest BCUT2D eigenvalue weighted by Crippen LogP contribution is 2.79. The van der Waals surface area contributed by atoms with Gasteiger partial charge < -0.3 is 4.98 Å². The Balaban J connectivity index is 1.32. The van der Waals surface area contributed by atoms with Crippen molar-refractivity contribution in [1.82, 2.24) is 9.97 Å². The van der Waals surface area contributed by atoms with E-state index in [0.29, 0.717) is 0 Å². The van der Waals surface area contributed by atoms with Crippen LogP contribution in [0.4, 0.5) is 17.2 Å². The van der Waals surface area contributed by atoms with E-state index in [4.69, 9.17) is 4.98 Å². The number of aromatic amines is 1. The van der Waals surface area contributed by atoms with Crippen molar-refractivity contribution in [2.45, 2.75) is 19.6 Å². The lowest BCUT2D eigenvalue weighted by Crippen LogP contribution is -2.22. The van der Waals surface area contributed by atoms with Crippen LogP contribution in [0, 0.1) is 0 Å². The number of benzene rings is 7. The summed E-state index contributed by atoms with van der Waals surface area (Å²) < 4.78 is 0. The van der Waals surface area contributed by atoms with Gasteiger partial charge in [-0.2, -0.15) is 0 Å². The van der Waals surface area contributed by atoms with E-state index in [9.17, 15) is 0 Å². The molecule has 0 fully saturated rings. The number of aromatic nitrogens is 2. The fourth-order valence-electron chi connectivity index (χ4n) is 7.70. The summed E-state index contributed by atoms with van der Waals surface area (Å²) in [6.45, 7) is 0. The van der Waals surface area contributed by atoms with Crippen molar-refractivity contribution in [3.63, 3.8) is 0 Å². The zero-order chi connectivity index (χ0) is 32.4. The Hall–Kier alpha value is -6.10. The minimum absolute atomic E-state index is 0.939. The molecule has 0 unspecified atom stereocenters. The average molecular weight is 646 g/mol. The number of pyridine rings is 1. The van der Waals surface area contributed by atoms with Gasteiger partial charge in [-0.15, -0.1) is 10.0 Å². The van der Waals surface area contributed by atoms with Gasteiger partial charge in [-0.1, -0.05) is 103 Å². The molecule has 3 nitrogen and oxygen atoms in total. The van der Waals surface area contributed by atoms with Gasteiger partial charge >= 0.3 is 0 Å². The zero-order valence-corrected chi connectivity index (χ0v) is 27.4. The fraction of sp³-hybridized carbons (Fsp3) is 0. The number of rotatable bonds is 4. The Morgan fingerprint density at radius 3 is 1.88 bits per heavy atom. The molecule has 3 heterocycles. The van der Waals surface area contributed by atoms with E-state index in [1.165, 1.54) is 46.9 Å². The molecule has 0 aliphatic carbocycles. The molecule has 7 aromatic carbocycles. The molecular weight excluding hydrogens is 615 g/mol. The Kier molecular flexibility index (Phi) is 6.27. The summed E-state index contributed by atoms with van der Waals surface area (Å²) >= 11 is 0. The van der Waals surface area contributed by atoms with Crippen molar-refractivity contribution in [3.8, 4) is 11.1 Å². The van der Waals surface area contributed by atoms with Crippen LogP contribution >= 0.6 is 10.0 Å². The minimum Gasteiger partial charge on any atom is -0.355 e. The molecule has 0 amide bonds. The summed E-state index contributed by atoms with van der Waals surface area (Å²) in [7, 11) is -1.94. The molecule has 0 saturated carbocycles. The van der Waals surface area contributed by atoms with Gasteiger partial charge in [-0.25, -0.2) is 4.98 Å². The molecule has 0 radical (unpaired) electrons. The largest absolute Gasteiger partial charge is 0.355 e. The van der Waals surface area contributed by atoms with Gasteiger partial charge in [0.05, 0.1) is 11.4 Å². The van der Waals surface area contributed by atoms with Crippen LogP contribution in [-0.2, 0) is 0 Å². The lowest BCUT2D eigenvalue weighted by atomic mass is 10.0. The van der Waals surface area contributed by atoms with E-state index >= 15 is 0 Å². The van der Waals surface area contributed by atoms with E-state index in [0.717, 1.165) is 33.6 Å². The Bertz CT molecular complexity index is 2630. The van der Waals surface area contributed by atoms with Gasteiger partial charge in [-0.3, -0.25) is 4.90 Å². The molecule has 0 spiro atoms. The summed E-state index contributed by atoms with van der Waals surface area (Å²) in [5.74, 6) is 0.939. The standard InChI is InChI=1S/C45H31N3S/c1-3-14-34(15-4-1)49(35-16-5-2-6-17-35)43-22-12-11-21-41(43)48(45-36-18-8-7-13-31(36)27-28-46-45)42-26-24-33(30-44(42)49)32-23-25-40-38(29-32)37-19-9-10-20-39(37)47-40/h1-30,47H. The molecular formula is C45H31N3S. The van der Waals surface area contributed by atoms with Crippen LogP contribution in [-0.4, -0.2) is 9.97 Å². The van der Waals surface area contributed by atoms with Crippen molar-refractivity contribution >= 4 is 59.8 Å². The van der Waals surface area contributed by atoms with Crippen molar-refractivity contribution in [1.29, 1.82) is 0 Å². The lowest BCUT2D eigenvalue weighted by Gasteiger charge is -2.49. The molecule has 232 valence electrons. The molecule has 0 saturated heterocycles. The number of para-hydroxylation sites is 2. The quantitative estimate of drug-likeness (QED) is 0.207. The van der Waals surface area contributed by atoms with E-state index in [2.05, 4.69) is 186 Å². The van der Waals surface area contributed by atoms with E-state index in [1.54, 1.807) is 0 Å². The second-order valence-corrected chi connectivity index (χ2v) is 15.6. The van der Waals surface area contributed by atoms with Crippen LogP contribution in [0.1, 0.15) is 0 Å². The summed E-state index contributed by atoms with van der Waals surface area (Å²) in [6.07, 6.45) is 1.94. The third kappa shape index (κ3) is 4.14. The first kappa shape index (κ1) is 28.0. The number of hydrogen-bond acceptors (Lipinski definition) is 2. The number of fused-ring (bicyclic) bond motifs is 6. The molecule has 0 bridgehead atoms.